The van der Waals surface area contributed by atoms with Crippen LogP contribution < -0.4 is 5.32 Å². The van der Waals surface area contributed by atoms with Crippen molar-refractivity contribution < 1.29 is 5.11 Å². The number of anilines is 2. The molecule has 1 unspecified atom stereocenters. The van der Waals surface area contributed by atoms with E-state index in [4.69, 9.17) is 0 Å². The number of aromatic nitrogens is 6. The summed E-state index contributed by atoms with van der Waals surface area (Å²) in [5.41, 5.74) is 2.98. The van der Waals surface area contributed by atoms with Gasteiger partial charge in [0.05, 0.1) is 12.2 Å². The number of hydrogen-bond donors (Lipinski definition) is 2. The molecule has 150 valence electrons. The van der Waals surface area contributed by atoms with Gasteiger partial charge in [-0.15, -0.1) is 21.5 Å². The van der Waals surface area contributed by atoms with E-state index >= 15 is 0 Å². The molecule has 0 saturated carbocycles. The van der Waals surface area contributed by atoms with Crippen LogP contribution in [0.25, 0.3) is 0 Å². The molecule has 0 amide bonds. The maximum Gasteiger partial charge on any atom is 0.211 e. The van der Waals surface area contributed by atoms with Gasteiger partial charge in [-0.3, -0.25) is 9.67 Å². The minimum Gasteiger partial charge on any atom is -0.376 e. The minimum atomic E-state index is -1.27. The third-order valence-electron chi connectivity index (χ3n) is 4.64. The van der Waals surface area contributed by atoms with Crippen molar-refractivity contribution in [3.05, 3.63) is 62.4 Å². The van der Waals surface area contributed by atoms with Crippen LogP contribution in [0.3, 0.4) is 0 Å². The summed E-state index contributed by atoms with van der Waals surface area (Å²) in [6.45, 7) is 8.31. The van der Waals surface area contributed by atoms with Crippen molar-refractivity contribution >= 4 is 33.6 Å². The third kappa shape index (κ3) is 4.04. The average Bonchev–Trinajstić information content (AvgIpc) is 3.41. The molecule has 1 atom stereocenters. The Kier molecular flexibility index (Phi) is 5.15. The Morgan fingerprint density at radius 1 is 1.17 bits per heavy atom. The fraction of sp³-hybridized carbons (Fsp3) is 0.316. The summed E-state index contributed by atoms with van der Waals surface area (Å²) in [5.74, 6) is 0.655. The van der Waals surface area contributed by atoms with Crippen LogP contribution in [0.15, 0.2) is 29.9 Å². The minimum absolute atomic E-state index is 0.480. The highest BCUT2D eigenvalue weighted by molar-refractivity contribution is 7.15. The second-order valence-corrected chi connectivity index (χ2v) is 8.84. The number of pyridine rings is 1. The van der Waals surface area contributed by atoms with Crippen LogP contribution in [0, 0.1) is 20.8 Å². The first-order chi connectivity index (χ1) is 13.8. The summed E-state index contributed by atoms with van der Waals surface area (Å²) in [6.07, 6.45) is 3.71. The second kappa shape index (κ2) is 7.62. The van der Waals surface area contributed by atoms with Crippen molar-refractivity contribution in [2.45, 2.75) is 39.8 Å². The molecule has 4 aromatic rings. The van der Waals surface area contributed by atoms with Gasteiger partial charge in [-0.05, 0) is 44.9 Å². The molecular formula is C19H21N7OS2. The molecule has 0 fully saturated rings. The molecule has 2 N–H and O–H groups in total. The normalized spacial score (nSPS) is 13.4. The zero-order valence-corrected chi connectivity index (χ0v) is 18.2. The van der Waals surface area contributed by atoms with E-state index in [9.17, 15) is 5.11 Å². The molecular weight excluding hydrogens is 406 g/mol. The van der Waals surface area contributed by atoms with E-state index in [1.807, 2.05) is 41.5 Å². The van der Waals surface area contributed by atoms with Gasteiger partial charge in [0.15, 0.2) is 16.4 Å². The number of aryl methyl sites for hydroxylation is 2. The topological polar surface area (TPSA) is 102 Å². The highest BCUT2D eigenvalue weighted by Gasteiger charge is 2.33. The smallest absolute Gasteiger partial charge is 0.211 e. The van der Waals surface area contributed by atoms with Gasteiger partial charge >= 0.3 is 0 Å². The molecule has 0 aliphatic heterocycles. The van der Waals surface area contributed by atoms with Crippen molar-refractivity contribution in [1.82, 2.24) is 29.9 Å². The van der Waals surface area contributed by atoms with Gasteiger partial charge in [0.25, 0.3) is 0 Å². The van der Waals surface area contributed by atoms with Crippen LogP contribution in [0.2, 0.25) is 0 Å². The highest BCUT2D eigenvalue weighted by atomic mass is 32.1. The van der Waals surface area contributed by atoms with E-state index in [2.05, 4.69) is 44.4 Å². The van der Waals surface area contributed by atoms with Crippen molar-refractivity contribution in [3.63, 3.8) is 0 Å². The van der Waals surface area contributed by atoms with E-state index in [1.165, 1.54) is 33.8 Å². The number of rotatable bonds is 6. The Morgan fingerprint density at radius 3 is 2.76 bits per heavy atom. The van der Waals surface area contributed by atoms with Crippen molar-refractivity contribution in [1.29, 1.82) is 0 Å². The number of thiazole rings is 1. The number of aliphatic hydroxyl groups is 1. The van der Waals surface area contributed by atoms with Crippen LogP contribution in [0.5, 0.6) is 0 Å². The Balaban J connectivity index is 1.48. The van der Waals surface area contributed by atoms with Crippen molar-refractivity contribution in [2.24, 2.45) is 0 Å². The lowest BCUT2D eigenvalue weighted by molar-refractivity contribution is 0.101. The Morgan fingerprint density at radius 2 is 2.00 bits per heavy atom. The molecule has 8 nitrogen and oxygen atoms in total. The first-order valence-corrected chi connectivity index (χ1v) is 10.7. The molecule has 4 aromatic heterocycles. The maximum absolute atomic E-state index is 10.9. The highest BCUT2D eigenvalue weighted by Crippen LogP contribution is 2.34. The van der Waals surface area contributed by atoms with Crippen LogP contribution in [-0.2, 0) is 12.1 Å². The Bertz CT molecular complexity index is 1150. The SMILES string of the molecule is Cc1csc(C(C)(O)c2nnc(Nc3ccn(Cc4nccc(C)c4C)n3)s2)n1. The van der Waals surface area contributed by atoms with Crippen LogP contribution in [-0.4, -0.2) is 35.1 Å². The molecule has 10 heteroatoms. The fourth-order valence-corrected chi connectivity index (χ4v) is 4.49. The lowest BCUT2D eigenvalue weighted by Gasteiger charge is -2.16. The van der Waals surface area contributed by atoms with Gasteiger partial charge in [0.1, 0.15) is 5.01 Å². The fourth-order valence-electron chi connectivity index (χ4n) is 2.77. The van der Waals surface area contributed by atoms with Gasteiger partial charge < -0.3 is 10.4 Å². The lowest BCUT2D eigenvalue weighted by Crippen LogP contribution is -2.22. The molecule has 0 spiro atoms. The summed E-state index contributed by atoms with van der Waals surface area (Å²) in [5, 5.41) is 30.4. The van der Waals surface area contributed by atoms with Gasteiger partial charge in [0, 0.05) is 29.5 Å². The summed E-state index contributed by atoms with van der Waals surface area (Å²) >= 11 is 2.68. The van der Waals surface area contributed by atoms with Crippen LogP contribution in [0.1, 0.15) is 39.5 Å². The molecule has 0 aromatic carbocycles. The van der Waals surface area contributed by atoms with Gasteiger partial charge in [0.2, 0.25) is 5.13 Å². The second-order valence-electron chi connectivity index (χ2n) is 7.00. The molecule has 29 heavy (non-hydrogen) atoms. The quantitative estimate of drug-likeness (QED) is 0.485. The largest absolute Gasteiger partial charge is 0.376 e. The molecule has 0 saturated heterocycles. The molecule has 4 rings (SSSR count). The molecule has 0 bridgehead atoms. The van der Waals surface area contributed by atoms with Crippen molar-refractivity contribution in [2.75, 3.05) is 5.32 Å². The summed E-state index contributed by atoms with van der Waals surface area (Å²) in [4.78, 5) is 8.83. The van der Waals surface area contributed by atoms with Gasteiger partial charge in [-0.1, -0.05) is 11.3 Å². The summed E-state index contributed by atoms with van der Waals surface area (Å²) in [7, 11) is 0. The Labute approximate surface area is 176 Å². The Hall–Kier alpha value is -2.69. The number of nitrogens with one attached hydrogen (secondary N) is 1. The zero-order valence-electron chi connectivity index (χ0n) is 16.5. The number of hydrogen-bond acceptors (Lipinski definition) is 9. The predicted octanol–water partition coefficient (Wildman–Crippen LogP) is 3.56. The molecule has 4 heterocycles. The summed E-state index contributed by atoms with van der Waals surface area (Å²) < 4.78 is 1.83. The van der Waals surface area contributed by atoms with Crippen LogP contribution >= 0.6 is 22.7 Å². The maximum atomic E-state index is 10.9. The van der Waals surface area contributed by atoms with Gasteiger partial charge in [-0.2, -0.15) is 5.10 Å². The first kappa shape index (κ1) is 19.6. The van der Waals surface area contributed by atoms with E-state index in [0.717, 1.165) is 11.4 Å². The molecule has 0 aliphatic carbocycles. The third-order valence-corrected chi connectivity index (χ3v) is 6.86. The van der Waals surface area contributed by atoms with E-state index < -0.39 is 5.60 Å². The predicted molar refractivity (Wildman–Crippen MR) is 114 cm³/mol. The zero-order chi connectivity index (χ0) is 20.6. The average molecular weight is 428 g/mol. The van der Waals surface area contributed by atoms with E-state index in [-0.39, 0.29) is 0 Å². The van der Waals surface area contributed by atoms with Crippen molar-refractivity contribution in [3.8, 4) is 0 Å². The van der Waals surface area contributed by atoms with E-state index in [0.29, 0.717) is 27.5 Å². The van der Waals surface area contributed by atoms with E-state index in [1.54, 1.807) is 6.92 Å². The molecule has 0 aliphatic rings. The number of nitrogens with zero attached hydrogens (tertiary/aromatic N) is 6. The van der Waals surface area contributed by atoms with Crippen LogP contribution in [0.4, 0.5) is 10.9 Å². The summed E-state index contributed by atoms with van der Waals surface area (Å²) in [6, 6.07) is 3.87. The monoisotopic (exact) mass is 427 g/mol. The van der Waals surface area contributed by atoms with Gasteiger partial charge in [-0.25, -0.2) is 4.98 Å². The molecule has 0 radical (unpaired) electrons. The standard InChI is InChI=1S/C19H21N7OS2/c1-11-5-7-20-14(13(11)3)9-26-8-6-15(25-26)22-18-24-23-17(29-18)19(4,27)16-21-12(2)10-28-16/h5-8,10,27H,9H2,1-4H3,(H,22,24,25). The lowest BCUT2D eigenvalue weighted by atomic mass is 10.1. The first-order valence-electron chi connectivity index (χ1n) is 9.03.